The quantitative estimate of drug-likeness (QED) is 0.157. The number of carbonyl (C=O) groups is 1. The van der Waals surface area contributed by atoms with Gasteiger partial charge in [0.05, 0.1) is 10.2 Å². The van der Waals surface area contributed by atoms with Crippen LogP contribution < -0.4 is 14.8 Å². The fourth-order valence-electron chi connectivity index (χ4n) is 2.89. The number of nitrogens with one attached hydrogen (secondary N) is 1. The zero-order valence-corrected chi connectivity index (χ0v) is 22.6. The monoisotopic (exact) mass is 684 g/mol. The number of benzene rings is 3. The van der Waals surface area contributed by atoms with Crippen LogP contribution in [0.1, 0.15) is 18.1 Å². The predicted molar refractivity (Wildman–Crippen MR) is 147 cm³/mol. The normalized spacial score (nSPS) is 10.9. The van der Waals surface area contributed by atoms with Crippen molar-refractivity contribution in [2.75, 3.05) is 11.9 Å². The smallest absolute Gasteiger partial charge is 0.266 e. The summed E-state index contributed by atoms with van der Waals surface area (Å²) in [7, 11) is 0. The molecular formula is C25H19ClI2N2O3. The first-order valence-corrected chi connectivity index (χ1v) is 12.5. The Balaban J connectivity index is 1.85. The lowest BCUT2D eigenvalue weighted by molar-refractivity contribution is -0.112. The number of amides is 1. The number of hydrogen-bond acceptors (Lipinski definition) is 4. The molecule has 3 aromatic carbocycles. The van der Waals surface area contributed by atoms with E-state index in [9.17, 15) is 10.1 Å². The van der Waals surface area contributed by atoms with Gasteiger partial charge in [-0.25, -0.2) is 0 Å². The molecule has 0 aliphatic heterocycles. The van der Waals surface area contributed by atoms with Gasteiger partial charge in [0.1, 0.15) is 18.2 Å². The fraction of sp³-hybridized carbons (Fsp3) is 0.120. The summed E-state index contributed by atoms with van der Waals surface area (Å²) in [5.74, 6) is 0.625. The van der Waals surface area contributed by atoms with E-state index in [1.807, 2.05) is 55.5 Å². The Hall–Kier alpha value is -2.29. The van der Waals surface area contributed by atoms with Gasteiger partial charge >= 0.3 is 0 Å². The highest BCUT2D eigenvalue weighted by atomic mass is 127. The second-order valence-corrected chi connectivity index (χ2v) is 9.59. The van der Waals surface area contributed by atoms with E-state index in [4.69, 9.17) is 21.1 Å². The van der Waals surface area contributed by atoms with Crippen molar-refractivity contribution in [2.45, 2.75) is 13.5 Å². The first-order chi connectivity index (χ1) is 15.9. The molecule has 0 aromatic heterocycles. The van der Waals surface area contributed by atoms with Crippen LogP contribution in [-0.2, 0) is 11.4 Å². The van der Waals surface area contributed by atoms with E-state index < -0.39 is 5.91 Å². The van der Waals surface area contributed by atoms with Gasteiger partial charge in [-0.3, -0.25) is 4.79 Å². The highest BCUT2D eigenvalue weighted by molar-refractivity contribution is 14.1. The maximum atomic E-state index is 12.6. The Kier molecular flexibility index (Phi) is 9.41. The second-order valence-electron chi connectivity index (χ2n) is 6.77. The molecule has 0 atom stereocenters. The van der Waals surface area contributed by atoms with Crippen LogP contribution in [-0.4, -0.2) is 12.5 Å². The van der Waals surface area contributed by atoms with Crippen molar-refractivity contribution in [2.24, 2.45) is 0 Å². The topological polar surface area (TPSA) is 71.3 Å². The van der Waals surface area contributed by atoms with Crippen LogP contribution in [0.25, 0.3) is 6.08 Å². The molecule has 0 fully saturated rings. The molecule has 0 unspecified atom stereocenters. The average Bonchev–Trinajstić information content (AvgIpc) is 2.79. The zero-order chi connectivity index (χ0) is 23.8. The lowest BCUT2D eigenvalue weighted by Gasteiger charge is -2.15. The van der Waals surface area contributed by atoms with Crippen molar-refractivity contribution in [1.82, 2.24) is 0 Å². The molecule has 168 valence electrons. The SMILES string of the molecule is CCOc1cc(/C=C(\C#N)C(=O)Nc2ccc(I)cc2)cc(I)c1OCc1ccccc1Cl. The standard InChI is InChI=1S/C25H19ClI2N2O3/c1-2-32-23-13-16(11-18(14-29)25(31)30-20-9-7-19(27)8-10-20)12-22(28)24(23)33-15-17-5-3-4-6-21(17)26/h3-13H,2,15H2,1H3,(H,30,31)/b18-11+. The van der Waals surface area contributed by atoms with Crippen LogP contribution in [0.4, 0.5) is 5.69 Å². The highest BCUT2D eigenvalue weighted by Gasteiger charge is 2.15. The van der Waals surface area contributed by atoms with E-state index in [2.05, 4.69) is 50.5 Å². The maximum Gasteiger partial charge on any atom is 0.266 e. The summed E-state index contributed by atoms with van der Waals surface area (Å²) < 4.78 is 13.6. The molecule has 8 heteroatoms. The molecule has 0 aliphatic carbocycles. The van der Waals surface area contributed by atoms with Crippen molar-refractivity contribution >= 4 is 74.5 Å². The summed E-state index contributed by atoms with van der Waals surface area (Å²) in [6.45, 7) is 2.60. The number of hydrogen-bond donors (Lipinski definition) is 1. The van der Waals surface area contributed by atoms with Gasteiger partial charge in [-0.1, -0.05) is 29.8 Å². The van der Waals surface area contributed by atoms with Crippen molar-refractivity contribution in [3.05, 3.63) is 89.5 Å². The molecule has 33 heavy (non-hydrogen) atoms. The Morgan fingerprint density at radius 1 is 1.12 bits per heavy atom. The molecule has 0 heterocycles. The molecule has 0 saturated heterocycles. The third-order valence-electron chi connectivity index (χ3n) is 4.44. The van der Waals surface area contributed by atoms with E-state index in [0.29, 0.717) is 34.4 Å². The fourth-order valence-corrected chi connectivity index (χ4v) is 4.22. The van der Waals surface area contributed by atoms with Crippen LogP contribution in [0.3, 0.4) is 0 Å². The van der Waals surface area contributed by atoms with Gasteiger partial charge in [0, 0.05) is 19.8 Å². The summed E-state index contributed by atoms with van der Waals surface area (Å²) in [4.78, 5) is 12.6. The van der Waals surface area contributed by atoms with Gasteiger partial charge in [0.2, 0.25) is 0 Å². The minimum absolute atomic E-state index is 0.0171. The summed E-state index contributed by atoms with van der Waals surface area (Å²) in [6.07, 6.45) is 1.53. The lowest BCUT2D eigenvalue weighted by atomic mass is 10.1. The zero-order valence-electron chi connectivity index (χ0n) is 17.6. The molecule has 0 radical (unpaired) electrons. The number of nitriles is 1. The van der Waals surface area contributed by atoms with Gasteiger partial charge in [-0.2, -0.15) is 5.26 Å². The van der Waals surface area contributed by atoms with Gasteiger partial charge in [0.15, 0.2) is 11.5 Å². The number of anilines is 1. The van der Waals surface area contributed by atoms with Crippen molar-refractivity contribution in [1.29, 1.82) is 5.26 Å². The van der Waals surface area contributed by atoms with Crippen molar-refractivity contribution in [3.63, 3.8) is 0 Å². The van der Waals surface area contributed by atoms with Crippen molar-refractivity contribution < 1.29 is 14.3 Å². The summed E-state index contributed by atoms with van der Waals surface area (Å²) in [6, 6.07) is 20.4. The third-order valence-corrected chi connectivity index (χ3v) is 6.33. The van der Waals surface area contributed by atoms with E-state index >= 15 is 0 Å². The van der Waals surface area contributed by atoms with Gasteiger partial charge in [0.25, 0.3) is 5.91 Å². The summed E-state index contributed by atoms with van der Waals surface area (Å²) >= 11 is 10.6. The molecule has 3 rings (SSSR count). The van der Waals surface area contributed by atoms with E-state index in [-0.39, 0.29) is 12.2 Å². The largest absolute Gasteiger partial charge is 0.490 e. The number of carbonyl (C=O) groups excluding carboxylic acids is 1. The minimum atomic E-state index is -0.481. The van der Waals surface area contributed by atoms with Gasteiger partial charge < -0.3 is 14.8 Å². The van der Waals surface area contributed by atoms with Gasteiger partial charge in [-0.15, -0.1) is 0 Å². The second kappa shape index (κ2) is 12.3. The Labute approximate surface area is 225 Å². The maximum absolute atomic E-state index is 12.6. The predicted octanol–water partition coefficient (Wildman–Crippen LogP) is 7.07. The molecular weight excluding hydrogens is 666 g/mol. The molecule has 0 bridgehead atoms. The Morgan fingerprint density at radius 2 is 1.85 bits per heavy atom. The summed E-state index contributed by atoms with van der Waals surface area (Å²) in [5.41, 5.74) is 2.12. The molecule has 0 saturated carbocycles. The van der Waals surface area contributed by atoms with Gasteiger partial charge in [-0.05, 0) is 106 Å². The Bertz CT molecular complexity index is 1220. The van der Waals surface area contributed by atoms with E-state index in [1.54, 1.807) is 18.2 Å². The number of rotatable bonds is 8. The molecule has 1 amide bonds. The van der Waals surface area contributed by atoms with E-state index in [0.717, 1.165) is 12.7 Å². The number of halogens is 3. The van der Waals surface area contributed by atoms with Crippen LogP contribution in [0.2, 0.25) is 5.02 Å². The summed E-state index contributed by atoms with van der Waals surface area (Å²) in [5, 5.41) is 12.9. The van der Waals surface area contributed by atoms with Crippen LogP contribution in [0.5, 0.6) is 11.5 Å². The molecule has 5 nitrogen and oxygen atoms in total. The van der Waals surface area contributed by atoms with Crippen molar-refractivity contribution in [3.8, 4) is 17.6 Å². The highest BCUT2D eigenvalue weighted by Crippen LogP contribution is 2.36. The number of ether oxygens (including phenoxy) is 2. The number of nitrogens with zero attached hydrogens (tertiary/aromatic N) is 1. The average molecular weight is 685 g/mol. The Morgan fingerprint density at radius 3 is 2.52 bits per heavy atom. The molecule has 1 N–H and O–H groups in total. The molecule has 0 aliphatic rings. The molecule has 3 aromatic rings. The first-order valence-electron chi connectivity index (χ1n) is 9.92. The third kappa shape index (κ3) is 7.09. The van der Waals surface area contributed by atoms with Crippen LogP contribution in [0, 0.1) is 18.5 Å². The van der Waals surface area contributed by atoms with Crippen LogP contribution >= 0.6 is 56.8 Å². The van der Waals surface area contributed by atoms with Crippen LogP contribution in [0.15, 0.2) is 66.2 Å². The minimum Gasteiger partial charge on any atom is -0.490 e. The van der Waals surface area contributed by atoms with E-state index in [1.165, 1.54) is 6.08 Å². The first kappa shape index (κ1) is 25.3. The lowest BCUT2D eigenvalue weighted by Crippen LogP contribution is -2.13. The molecule has 0 spiro atoms.